The van der Waals surface area contributed by atoms with E-state index in [1.54, 1.807) is 30.3 Å². The lowest BCUT2D eigenvalue weighted by Crippen LogP contribution is -2.37. The number of carbonyl (C=O) groups excluding carboxylic acids is 1. The summed E-state index contributed by atoms with van der Waals surface area (Å²) in [6.45, 7) is 1.15. The Morgan fingerprint density at radius 1 is 0.960 bits per heavy atom. The molecule has 2 aromatic carbocycles. The minimum atomic E-state index is -4.54. The molecule has 1 aliphatic rings. The highest BCUT2D eigenvalue weighted by Crippen LogP contribution is 2.39. The van der Waals surface area contributed by atoms with Crippen LogP contribution in [-0.2, 0) is 6.18 Å². The Morgan fingerprint density at radius 2 is 1.64 bits per heavy atom. The molecular weight excluding hydrogens is 331 g/mol. The van der Waals surface area contributed by atoms with Gasteiger partial charge in [0.1, 0.15) is 5.75 Å². The average molecular weight is 349 g/mol. The molecule has 132 valence electrons. The van der Waals surface area contributed by atoms with E-state index in [-0.39, 0.29) is 11.3 Å². The van der Waals surface area contributed by atoms with Gasteiger partial charge < -0.3 is 9.64 Å². The molecule has 0 bridgehead atoms. The van der Waals surface area contributed by atoms with E-state index in [4.69, 9.17) is 4.74 Å². The highest BCUT2D eigenvalue weighted by atomic mass is 19.4. The van der Waals surface area contributed by atoms with Crippen LogP contribution in [0.2, 0.25) is 0 Å². The molecule has 0 atom stereocenters. The summed E-state index contributed by atoms with van der Waals surface area (Å²) in [5.74, 6) is -0.0948. The summed E-state index contributed by atoms with van der Waals surface area (Å²) in [4.78, 5) is 13.6. The quantitative estimate of drug-likeness (QED) is 0.731. The highest BCUT2D eigenvalue weighted by Gasteiger charge is 2.34. The number of hydrogen-bond donors (Lipinski definition) is 0. The Hall–Kier alpha value is -2.50. The van der Waals surface area contributed by atoms with E-state index in [0.717, 1.165) is 25.3 Å². The largest absolute Gasteiger partial charge is 0.417 e. The molecule has 0 unspecified atom stereocenters. The van der Waals surface area contributed by atoms with Crippen molar-refractivity contribution in [3.05, 3.63) is 54.1 Å². The van der Waals surface area contributed by atoms with Crippen molar-refractivity contribution in [3.63, 3.8) is 0 Å². The average Bonchev–Trinajstić information content (AvgIpc) is 2.62. The van der Waals surface area contributed by atoms with Crippen molar-refractivity contribution >= 4 is 6.09 Å². The van der Waals surface area contributed by atoms with E-state index in [1.807, 2.05) is 0 Å². The van der Waals surface area contributed by atoms with Gasteiger partial charge in [-0.3, -0.25) is 0 Å². The lowest BCUT2D eigenvalue weighted by Gasteiger charge is -2.25. The third-order valence-corrected chi connectivity index (χ3v) is 4.20. The number of alkyl halides is 3. The predicted octanol–water partition coefficient (Wildman–Crippen LogP) is 5.36. The number of likely N-dealkylation sites (tertiary alicyclic amines) is 1. The third-order valence-electron chi connectivity index (χ3n) is 4.20. The monoisotopic (exact) mass is 349 g/mol. The summed E-state index contributed by atoms with van der Waals surface area (Å²) < 4.78 is 45.5. The molecule has 0 aliphatic carbocycles. The Bertz CT molecular complexity index is 738. The Labute approximate surface area is 144 Å². The first-order chi connectivity index (χ1) is 11.9. The van der Waals surface area contributed by atoms with Crippen LogP contribution in [0.1, 0.15) is 24.8 Å². The van der Waals surface area contributed by atoms with Crippen molar-refractivity contribution in [2.24, 2.45) is 0 Å². The standard InChI is InChI=1S/C19H18F3NO2/c20-19(21,22)17-13-15(25-18(24)23-11-5-2-6-12-23)9-10-16(17)14-7-3-1-4-8-14/h1,3-4,7-10,13H,2,5-6,11-12H2. The van der Waals surface area contributed by atoms with Gasteiger partial charge in [-0.15, -0.1) is 0 Å². The molecule has 6 heteroatoms. The fraction of sp³-hybridized carbons (Fsp3) is 0.316. The van der Waals surface area contributed by atoms with Crippen molar-refractivity contribution in [1.82, 2.24) is 4.90 Å². The highest BCUT2D eigenvalue weighted by molar-refractivity contribution is 5.73. The van der Waals surface area contributed by atoms with Crippen LogP contribution < -0.4 is 4.74 Å². The zero-order chi connectivity index (χ0) is 17.9. The summed E-state index contributed by atoms with van der Waals surface area (Å²) in [7, 11) is 0. The molecule has 3 rings (SSSR count). The predicted molar refractivity (Wildman–Crippen MR) is 88.3 cm³/mol. The molecule has 1 aliphatic heterocycles. The van der Waals surface area contributed by atoms with Crippen LogP contribution in [0.4, 0.5) is 18.0 Å². The second-order valence-corrected chi connectivity index (χ2v) is 5.99. The van der Waals surface area contributed by atoms with Gasteiger partial charge in [-0.1, -0.05) is 36.4 Å². The number of carbonyl (C=O) groups is 1. The van der Waals surface area contributed by atoms with Gasteiger partial charge in [-0.25, -0.2) is 4.79 Å². The fourth-order valence-electron chi connectivity index (χ4n) is 2.93. The molecule has 2 aromatic rings. The van der Waals surface area contributed by atoms with Gasteiger partial charge in [0.15, 0.2) is 0 Å². The van der Waals surface area contributed by atoms with Gasteiger partial charge in [0.2, 0.25) is 0 Å². The number of ether oxygens (including phenoxy) is 1. The molecule has 1 amide bonds. The van der Waals surface area contributed by atoms with Crippen molar-refractivity contribution in [1.29, 1.82) is 0 Å². The minimum absolute atomic E-state index is 0.0610. The number of piperidine rings is 1. The maximum absolute atomic E-state index is 13.5. The SMILES string of the molecule is O=C(Oc1ccc(-c2ccccc2)c(C(F)(F)F)c1)N1CCCCC1. The first-order valence-corrected chi connectivity index (χ1v) is 8.18. The zero-order valence-electron chi connectivity index (χ0n) is 13.6. The van der Waals surface area contributed by atoms with Crippen LogP contribution in [0.5, 0.6) is 5.75 Å². The number of nitrogens with zero attached hydrogens (tertiary/aromatic N) is 1. The topological polar surface area (TPSA) is 29.5 Å². The fourth-order valence-corrected chi connectivity index (χ4v) is 2.93. The van der Waals surface area contributed by atoms with Gasteiger partial charge in [0.25, 0.3) is 0 Å². The van der Waals surface area contributed by atoms with Gasteiger partial charge in [-0.2, -0.15) is 13.2 Å². The second kappa shape index (κ2) is 7.17. The summed E-state index contributed by atoms with van der Waals surface area (Å²) in [6, 6.07) is 12.0. The second-order valence-electron chi connectivity index (χ2n) is 5.99. The van der Waals surface area contributed by atoms with Crippen molar-refractivity contribution in [2.75, 3.05) is 13.1 Å². The van der Waals surface area contributed by atoms with E-state index in [0.29, 0.717) is 18.7 Å². The summed E-state index contributed by atoms with van der Waals surface area (Å²) in [5, 5.41) is 0. The molecule has 0 radical (unpaired) electrons. The first-order valence-electron chi connectivity index (χ1n) is 8.18. The molecule has 1 heterocycles. The lowest BCUT2D eigenvalue weighted by molar-refractivity contribution is -0.137. The van der Waals surface area contributed by atoms with Crippen molar-refractivity contribution < 1.29 is 22.7 Å². The summed E-state index contributed by atoms with van der Waals surface area (Å²) in [6.07, 6.45) is -2.32. The van der Waals surface area contributed by atoms with Crippen molar-refractivity contribution in [2.45, 2.75) is 25.4 Å². The van der Waals surface area contributed by atoms with E-state index in [2.05, 4.69) is 0 Å². The van der Waals surface area contributed by atoms with Gasteiger partial charge >= 0.3 is 12.3 Å². The smallest absolute Gasteiger partial charge is 0.410 e. The molecular formula is C19H18F3NO2. The first kappa shape index (κ1) is 17.3. The number of halogens is 3. The van der Waals surface area contributed by atoms with Crippen LogP contribution in [0, 0.1) is 0 Å². The van der Waals surface area contributed by atoms with E-state index in [9.17, 15) is 18.0 Å². The number of hydrogen-bond acceptors (Lipinski definition) is 2. The van der Waals surface area contributed by atoms with Crippen LogP contribution in [-0.4, -0.2) is 24.1 Å². The zero-order valence-corrected chi connectivity index (χ0v) is 13.6. The van der Waals surface area contributed by atoms with Crippen LogP contribution in [0.3, 0.4) is 0 Å². The molecule has 0 saturated carbocycles. The van der Waals surface area contributed by atoms with E-state index >= 15 is 0 Å². The Morgan fingerprint density at radius 3 is 2.28 bits per heavy atom. The lowest BCUT2D eigenvalue weighted by atomic mass is 9.99. The van der Waals surface area contributed by atoms with Crippen LogP contribution in [0.15, 0.2) is 48.5 Å². The summed E-state index contributed by atoms with van der Waals surface area (Å²) >= 11 is 0. The molecule has 25 heavy (non-hydrogen) atoms. The molecule has 0 spiro atoms. The molecule has 1 saturated heterocycles. The number of amides is 1. The van der Waals surface area contributed by atoms with Gasteiger partial charge in [0, 0.05) is 13.1 Å². The number of rotatable bonds is 2. The molecule has 0 N–H and O–H groups in total. The van der Waals surface area contributed by atoms with E-state index in [1.165, 1.54) is 17.0 Å². The van der Waals surface area contributed by atoms with E-state index < -0.39 is 17.8 Å². The normalized spacial score (nSPS) is 15.1. The maximum atomic E-state index is 13.5. The Kier molecular flexibility index (Phi) is 4.97. The molecule has 0 aromatic heterocycles. The third kappa shape index (κ3) is 4.13. The molecule has 1 fully saturated rings. The minimum Gasteiger partial charge on any atom is -0.410 e. The van der Waals surface area contributed by atoms with Gasteiger partial charge in [0.05, 0.1) is 5.56 Å². The molecule has 3 nitrogen and oxygen atoms in total. The maximum Gasteiger partial charge on any atom is 0.417 e. The number of benzene rings is 2. The van der Waals surface area contributed by atoms with Crippen LogP contribution in [0.25, 0.3) is 11.1 Å². The van der Waals surface area contributed by atoms with Crippen molar-refractivity contribution in [3.8, 4) is 16.9 Å². The summed E-state index contributed by atoms with van der Waals surface area (Å²) in [5.41, 5.74) is -0.294. The van der Waals surface area contributed by atoms with Crippen LogP contribution >= 0.6 is 0 Å². The van der Waals surface area contributed by atoms with Gasteiger partial charge in [-0.05, 0) is 42.5 Å². The Balaban J connectivity index is 1.88.